The van der Waals surface area contributed by atoms with Crippen LogP contribution in [0.1, 0.15) is 26.2 Å². The van der Waals surface area contributed by atoms with Gasteiger partial charge < -0.3 is 10.8 Å². The number of hydrogen-bond acceptors (Lipinski definition) is 2. The highest BCUT2D eigenvalue weighted by atomic mass is 35.5. The Labute approximate surface area is 77.2 Å². The number of alkyl halides is 1. The van der Waals surface area contributed by atoms with Gasteiger partial charge in [0.15, 0.2) is 0 Å². The molecule has 0 aliphatic carbocycles. The summed E-state index contributed by atoms with van der Waals surface area (Å²) >= 11 is 5.45. The van der Waals surface area contributed by atoms with Gasteiger partial charge in [-0.1, -0.05) is 0 Å². The molecule has 0 saturated carbocycles. The molecule has 70 valence electrons. The molecule has 0 aromatic rings. The van der Waals surface area contributed by atoms with Crippen LogP contribution in [0.25, 0.3) is 0 Å². The van der Waals surface area contributed by atoms with E-state index in [4.69, 9.17) is 22.4 Å². The molecule has 0 aromatic heterocycles. The molecular weight excluding hydrogens is 178 g/mol. The van der Waals surface area contributed by atoms with Gasteiger partial charge >= 0.3 is 5.97 Å². The van der Waals surface area contributed by atoms with Crippen molar-refractivity contribution in [2.24, 2.45) is 5.73 Å². The Balaban J connectivity index is 4.00. The number of carboxylic acid groups (broad SMARTS) is 1. The number of allylic oxidation sites excluding steroid dienone is 1. The molecule has 0 fully saturated rings. The van der Waals surface area contributed by atoms with E-state index in [2.05, 4.69) is 0 Å². The Morgan fingerprint density at radius 3 is 2.42 bits per heavy atom. The topological polar surface area (TPSA) is 63.3 Å². The minimum atomic E-state index is -0.926. The van der Waals surface area contributed by atoms with Crippen molar-refractivity contribution in [2.45, 2.75) is 26.2 Å². The van der Waals surface area contributed by atoms with Crippen LogP contribution in [0.3, 0.4) is 0 Å². The Bertz CT molecular complexity index is 185. The molecule has 0 aliphatic heterocycles. The lowest BCUT2D eigenvalue weighted by atomic mass is 10.1. The molecule has 0 unspecified atom stereocenters. The largest absolute Gasteiger partial charge is 0.478 e. The smallest absolute Gasteiger partial charge is 0.333 e. The van der Waals surface area contributed by atoms with Crippen LogP contribution in [0.5, 0.6) is 0 Å². The first-order chi connectivity index (χ1) is 5.59. The third kappa shape index (κ3) is 4.23. The van der Waals surface area contributed by atoms with Gasteiger partial charge in [0.05, 0.1) is 5.57 Å². The average Bonchev–Trinajstić information content (AvgIpc) is 1.96. The highest BCUT2D eigenvalue weighted by Gasteiger charge is 2.08. The third-order valence-corrected chi connectivity index (χ3v) is 1.81. The number of unbranched alkanes of at least 4 members (excludes halogenated alkanes) is 1. The minimum absolute atomic E-state index is 0.306. The van der Waals surface area contributed by atoms with E-state index in [1.807, 2.05) is 0 Å². The summed E-state index contributed by atoms with van der Waals surface area (Å²) in [5.74, 6) is -0.360. The van der Waals surface area contributed by atoms with Crippen LogP contribution < -0.4 is 5.73 Å². The molecule has 0 aromatic carbocycles. The maximum Gasteiger partial charge on any atom is 0.333 e. The van der Waals surface area contributed by atoms with Gasteiger partial charge in [-0.05, 0) is 26.2 Å². The van der Waals surface area contributed by atoms with Gasteiger partial charge in [-0.15, -0.1) is 11.6 Å². The van der Waals surface area contributed by atoms with Crippen LogP contribution in [0.15, 0.2) is 11.3 Å². The van der Waals surface area contributed by atoms with Crippen molar-refractivity contribution in [2.75, 3.05) is 5.88 Å². The van der Waals surface area contributed by atoms with Crippen molar-refractivity contribution < 1.29 is 9.90 Å². The van der Waals surface area contributed by atoms with Crippen molar-refractivity contribution >= 4 is 17.6 Å². The first-order valence-corrected chi connectivity index (χ1v) is 4.37. The van der Waals surface area contributed by atoms with E-state index in [-0.39, 0.29) is 0 Å². The molecule has 0 rings (SSSR count). The number of carboxylic acids is 1. The third-order valence-electron chi connectivity index (χ3n) is 1.54. The zero-order chi connectivity index (χ0) is 9.56. The van der Waals surface area contributed by atoms with E-state index in [1.54, 1.807) is 6.92 Å². The molecule has 0 heterocycles. The van der Waals surface area contributed by atoms with E-state index in [9.17, 15) is 4.79 Å². The van der Waals surface area contributed by atoms with Crippen molar-refractivity contribution in [3.05, 3.63) is 11.3 Å². The number of aliphatic carboxylic acids is 1. The highest BCUT2D eigenvalue weighted by Crippen LogP contribution is 2.10. The zero-order valence-corrected chi connectivity index (χ0v) is 7.90. The summed E-state index contributed by atoms with van der Waals surface area (Å²) in [5.41, 5.74) is 6.08. The molecule has 3 N–H and O–H groups in total. The second-order valence-electron chi connectivity index (χ2n) is 2.61. The van der Waals surface area contributed by atoms with Crippen LogP contribution in [-0.2, 0) is 4.79 Å². The Kier molecular flexibility index (Phi) is 5.54. The fraction of sp³-hybridized carbons (Fsp3) is 0.625. The maximum absolute atomic E-state index is 10.6. The van der Waals surface area contributed by atoms with Crippen LogP contribution >= 0.6 is 11.6 Å². The standard InChI is InChI=1S/C8H14ClNO2/c1-6(10)7(8(11)12)4-2-3-5-9/h2-5,10H2,1H3,(H,11,12)/b7-6-. The fourth-order valence-electron chi connectivity index (χ4n) is 0.869. The van der Waals surface area contributed by atoms with Crippen molar-refractivity contribution in [3.8, 4) is 0 Å². The average molecular weight is 192 g/mol. The Morgan fingerprint density at radius 1 is 1.50 bits per heavy atom. The van der Waals surface area contributed by atoms with Gasteiger partial charge in [-0.3, -0.25) is 0 Å². The second kappa shape index (κ2) is 5.89. The van der Waals surface area contributed by atoms with E-state index in [0.29, 0.717) is 23.6 Å². The number of halogens is 1. The van der Waals surface area contributed by atoms with Crippen molar-refractivity contribution in [3.63, 3.8) is 0 Å². The number of hydrogen-bond donors (Lipinski definition) is 2. The lowest BCUT2D eigenvalue weighted by Gasteiger charge is -2.02. The molecule has 0 spiro atoms. The van der Waals surface area contributed by atoms with E-state index in [0.717, 1.165) is 12.8 Å². The summed E-state index contributed by atoms with van der Waals surface area (Å²) in [5, 5.41) is 8.67. The molecule has 0 atom stereocenters. The molecule has 0 aliphatic rings. The van der Waals surface area contributed by atoms with Gasteiger partial charge in [0, 0.05) is 11.6 Å². The first kappa shape index (κ1) is 11.3. The first-order valence-electron chi connectivity index (χ1n) is 3.84. The second-order valence-corrected chi connectivity index (χ2v) is 2.99. The fourth-order valence-corrected chi connectivity index (χ4v) is 1.06. The van der Waals surface area contributed by atoms with Crippen LogP contribution in [0.4, 0.5) is 0 Å². The quantitative estimate of drug-likeness (QED) is 0.395. The van der Waals surface area contributed by atoms with Gasteiger partial charge in [0.25, 0.3) is 0 Å². The summed E-state index contributed by atoms with van der Waals surface area (Å²) in [6.07, 6.45) is 2.11. The zero-order valence-electron chi connectivity index (χ0n) is 7.14. The summed E-state index contributed by atoms with van der Waals surface area (Å²) in [4.78, 5) is 10.6. The van der Waals surface area contributed by atoms with E-state index < -0.39 is 5.97 Å². The number of carbonyl (C=O) groups is 1. The molecule has 3 nitrogen and oxygen atoms in total. The van der Waals surface area contributed by atoms with Crippen molar-refractivity contribution in [1.82, 2.24) is 0 Å². The van der Waals surface area contributed by atoms with E-state index in [1.165, 1.54) is 0 Å². The highest BCUT2D eigenvalue weighted by molar-refractivity contribution is 6.17. The molecular formula is C8H14ClNO2. The molecule has 0 amide bonds. The van der Waals surface area contributed by atoms with Crippen LogP contribution in [0.2, 0.25) is 0 Å². The van der Waals surface area contributed by atoms with Gasteiger partial charge in [-0.2, -0.15) is 0 Å². The predicted molar refractivity (Wildman–Crippen MR) is 49.1 cm³/mol. The maximum atomic E-state index is 10.6. The van der Waals surface area contributed by atoms with Gasteiger partial charge in [-0.25, -0.2) is 4.79 Å². The SMILES string of the molecule is C/C(N)=C(\CCCCCl)C(=O)O. The minimum Gasteiger partial charge on any atom is -0.478 e. The summed E-state index contributed by atoms with van der Waals surface area (Å²) in [6, 6.07) is 0. The summed E-state index contributed by atoms with van der Waals surface area (Å²) < 4.78 is 0. The van der Waals surface area contributed by atoms with Crippen molar-refractivity contribution in [1.29, 1.82) is 0 Å². The predicted octanol–water partition coefficient (Wildman–Crippen LogP) is 1.71. The Morgan fingerprint density at radius 2 is 2.08 bits per heavy atom. The van der Waals surface area contributed by atoms with Crippen LogP contribution in [0, 0.1) is 0 Å². The number of rotatable bonds is 5. The van der Waals surface area contributed by atoms with Gasteiger partial charge in [0.2, 0.25) is 0 Å². The molecule has 12 heavy (non-hydrogen) atoms. The molecule has 0 radical (unpaired) electrons. The summed E-state index contributed by atoms with van der Waals surface area (Å²) in [7, 11) is 0. The molecule has 4 heteroatoms. The Hall–Kier alpha value is -0.700. The van der Waals surface area contributed by atoms with Gasteiger partial charge in [0.1, 0.15) is 0 Å². The number of nitrogens with two attached hydrogens (primary N) is 1. The lowest BCUT2D eigenvalue weighted by Crippen LogP contribution is -2.08. The lowest BCUT2D eigenvalue weighted by molar-refractivity contribution is -0.132. The van der Waals surface area contributed by atoms with Crippen LogP contribution in [-0.4, -0.2) is 17.0 Å². The monoisotopic (exact) mass is 191 g/mol. The summed E-state index contributed by atoms with van der Waals surface area (Å²) in [6.45, 7) is 1.60. The van der Waals surface area contributed by atoms with E-state index >= 15 is 0 Å². The normalized spacial score (nSPS) is 12.5. The molecule has 0 bridgehead atoms. The molecule has 0 saturated heterocycles.